The maximum Gasteiger partial charge on any atom is 0.407 e. The topological polar surface area (TPSA) is 81.7 Å². The van der Waals surface area contributed by atoms with Gasteiger partial charge in [-0.1, -0.05) is 91.0 Å². The number of Topliss-reactive ketones (excluding diaryl/α,β-unsaturated/α-hetero) is 1. The Morgan fingerprint density at radius 2 is 1.32 bits per heavy atom. The molecule has 4 aromatic carbocycles. The summed E-state index contributed by atoms with van der Waals surface area (Å²) in [6.07, 6.45) is -0.191. The first-order chi connectivity index (χ1) is 19.5. The number of hydrogen-bond donors (Lipinski definition) is 1. The molecule has 1 N–H and O–H groups in total. The second kappa shape index (κ2) is 12.4. The van der Waals surface area contributed by atoms with Crippen LogP contribution in [0.25, 0.3) is 11.1 Å². The van der Waals surface area contributed by atoms with E-state index in [2.05, 4.69) is 29.6 Å². The van der Waals surface area contributed by atoms with Crippen molar-refractivity contribution in [1.82, 2.24) is 5.32 Å². The minimum atomic E-state index is -0.775. The van der Waals surface area contributed by atoms with Crippen LogP contribution >= 0.6 is 0 Å². The highest BCUT2D eigenvalue weighted by Gasteiger charge is 2.30. The average Bonchev–Trinajstić information content (AvgIpc) is 3.30. The summed E-state index contributed by atoms with van der Waals surface area (Å²) < 4.78 is 10.7. The molecule has 202 valence electrons. The van der Waals surface area contributed by atoms with E-state index in [1.54, 1.807) is 31.2 Å². The molecule has 5 rings (SSSR count). The minimum Gasteiger partial charge on any atom is -0.462 e. The molecule has 0 aromatic heterocycles. The highest BCUT2D eigenvalue weighted by molar-refractivity contribution is 5.91. The molecule has 0 aliphatic heterocycles. The molecule has 1 amide bonds. The number of alkyl carbamates (subject to hydrolysis) is 1. The molecule has 0 saturated heterocycles. The van der Waals surface area contributed by atoms with Crippen LogP contribution in [0.4, 0.5) is 4.79 Å². The first-order valence-electron chi connectivity index (χ1n) is 13.5. The number of fused-ring (bicyclic) bond motifs is 3. The number of carbonyl (C=O) groups excluding carboxylic acids is 3. The number of esters is 1. The lowest BCUT2D eigenvalue weighted by atomic mass is 9.97. The van der Waals surface area contributed by atoms with E-state index >= 15 is 0 Å². The number of ketones is 1. The van der Waals surface area contributed by atoms with Crippen molar-refractivity contribution < 1.29 is 23.9 Å². The summed E-state index contributed by atoms with van der Waals surface area (Å²) in [5.41, 5.74) is 6.65. The van der Waals surface area contributed by atoms with Gasteiger partial charge in [-0.3, -0.25) is 4.79 Å². The molecule has 4 aromatic rings. The van der Waals surface area contributed by atoms with Gasteiger partial charge in [-0.25, -0.2) is 9.59 Å². The van der Waals surface area contributed by atoms with Crippen molar-refractivity contribution in [3.63, 3.8) is 0 Å². The number of benzene rings is 4. The van der Waals surface area contributed by atoms with E-state index in [4.69, 9.17) is 9.47 Å². The van der Waals surface area contributed by atoms with E-state index in [0.717, 1.165) is 33.4 Å². The Hall–Kier alpha value is -4.71. The lowest BCUT2D eigenvalue weighted by Crippen LogP contribution is -2.43. The van der Waals surface area contributed by atoms with E-state index < -0.39 is 18.1 Å². The van der Waals surface area contributed by atoms with Crippen LogP contribution < -0.4 is 5.32 Å². The molecule has 40 heavy (non-hydrogen) atoms. The molecule has 1 atom stereocenters. The minimum absolute atomic E-state index is 0.0701. The molecular formula is C34H31NO5. The van der Waals surface area contributed by atoms with Gasteiger partial charge in [0, 0.05) is 12.3 Å². The molecule has 6 nitrogen and oxygen atoms in total. The largest absolute Gasteiger partial charge is 0.462 e. The van der Waals surface area contributed by atoms with Crippen LogP contribution in [-0.4, -0.2) is 37.1 Å². The SMILES string of the molecule is CCOC(=O)c1ccc(CC(=O)[C@H](Cc2ccccc2)NC(=O)OCC2c3ccccc3-c3ccccc32)cc1. The molecule has 6 heteroatoms. The van der Waals surface area contributed by atoms with Crippen LogP contribution in [0.15, 0.2) is 103 Å². The highest BCUT2D eigenvalue weighted by atomic mass is 16.5. The van der Waals surface area contributed by atoms with Gasteiger partial charge in [-0.15, -0.1) is 0 Å². The van der Waals surface area contributed by atoms with E-state index in [0.29, 0.717) is 18.6 Å². The van der Waals surface area contributed by atoms with Crippen LogP contribution in [0.5, 0.6) is 0 Å². The number of rotatable bonds is 10. The van der Waals surface area contributed by atoms with Crippen molar-refractivity contribution in [3.05, 3.63) is 131 Å². The number of nitrogens with one attached hydrogen (secondary N) is 1. The van der Waals surface area contributed by atoms with Gasteiger partial charge in [-0.05, 0) is 58.9 Å². The van der Waals surface area contributed by atoms with E-state index in [-0.39, 0.29) is 24.7 Å². The van der Waals surface area contributed by atoms with Gasteiger partial charge < -0.3 is 14.8 Å². The third kappa shape index (κ3) is 6.12. The predicted molar refractivity (Wildman–Crippen MR) is 153 cm³/mol. The van der Waals surface area contributed by atoms with Gasteiger partial charge in [0.2, 0.25) is 0 Å². The van der Waals surface area contributed by atoms with Crippen molar-refractivity contribution in [2.24, 2.45) is 0 Å². The van der Waals surface area contributed by atoms with Gasteiger partial charge in [-0.2, -0.15) is 0 Å². The summed E-state index contributed by atoms with van der Waals surface area (Å²) in [6, 6.07) is 31.8. The van der Waals surface area contributed by atoms with Gasteiger partial charge in [0.05, 0.1) is 18.2 Å². The summed E-state index contributed by atoms with van der Waals surface area (Å²) in [4.78, 5) is 38.4. The molecule has 0 radical (unpaired) electrons. The first kappa shape index (κ1) is 26.9. The summed E-state index contributed by atoms with van der Waals surface area (Å²) in [5, 5.41) is 2.82. The molecule has 1 aliphatic rings. The number of carbonyl (C=O) groups is 3. The molecule has 1 aliphatic carbocycles. The fourth-order valence-corrected chi connectivity index (χ4v) is 5.17. The Labute approximate surface area is 234 Å². The zero-order valence-corrected chi connectivity index (χ0v) is 22.3. The normalized spacial score (nSPS) is 12.6. The molecule has 0 fully saturated rings. The van der Waals surface area contributed by atoms with Crippen molar-refractivity contribution in [1.29, 1.82) is 0 Å². The van der Waals surface area contributed by atoms with E-state index in [1.807, 2.05) is 54.6 Å². The van der Waals surface area contributed by atoms with Crippen molar-refractivity contribution >= 4 is 17.8 Å². The Bertz CT molecular complexity index is 1450. The van der Waals surface area contributed by atoms with Crippen LogP contribution in [0, 0.1) is 0 Å². The standard InChI is InChI=1S/C34H31NO5/c1-2-39-33(37)25-18-16-24(17-19-25)21-32(36)31(20-23-10-4-3-5-11-23)35-34(38)40-22-30-28-14-8-6-12-26(28)27-13-7-9-15-29(27)30/h3-19,30-31H,2,20-22H2,1H3,(H,35,38)/t31-/m0/s1. The Kier molecular flexibility index (Phi) is 8.35. The van der Waals surface area contributed by atoms with Crippen LogP contribution in [0.3, 0.4) is 0 Å². The molecular weight excluding hydrogens is 502 g/mol. The smallest absolute Gasteiger partial charge is 0.407 e. The maximum absolute atomic E-state index is 13.4. The monoisotopic (exact) mass is 533 g/mol. The van der Waals surface area contributed by atoms with Crippen LogP contribution in [0.2, 0.25) is 0 Å². The second-order valence-electron chi connectivity index (χ2n) is 9.77. The van der Waals surface area contributed by atoms with Crippen molar-refractivity contribution in [3.8, 4) is 11.1 Å². The van der Waals surface area contributed by atoms with Gasteiger partial charge in [0.25, 0.3) is 0 Å². The summed E-state index contributed by atoms with van der Waals surface area (Å²) in [7, 11) is 0. The average molecular weight is 534 g/mol. The third-order valence-corrected chi connectivity index (χ3v) is 7.15. The number of amides is 1. The van der Waals surface area contributed by atoms with Gasteiger partial charge >= 0.3 is 12.1 Å². The number of ether oxygens (including phenoxy) is 2. The Morgan fingerprint density at radius 3 is 1.95 bits per heavy atom. The highest BCUT2D eigenvalue weighted by Crippen LogP contribution is 2.44. The second-order valence-corrected chi connectivity index (χ2v) is 9.77. The molecule has 0 spiro atoms. The fourth-order valence-electron chi connectivity index (χ4n) is 5.17. The Balaban J connectivity index is 1.27. The fraction of sp³-hybridized carbons (Fsp3) is 0.206. The zero-order chi connectivity index (χ0) is 27.9. The molecule has 0 heterocycles. The van der Waals surface area contributed by atoms with Crippen LogP contribution in [0.1, 0.15) is 45.5 Å². The predicted octanol–water partition coefficient (Wildman–Crippen LogP) is 6.12. The van der Waals surface area contributed by atoms with E-state index in [1.165, 1.54) is 0 Å². The van der Waals surface area contributed by atoms with Crippen LogP contribution in [-0.2, 0) is 27.1 Å². The molecule has 0 saturated carbocycles. The van der Waals surface area contributed by atoms with Crippen molar-refractivity contribution in [2.75, 3.05) is 13.2 Å². The van der Waals surface area contributed by atoms with Gasteiger partial charge in [0.15, 0.2) is 5.78 Å². The first-order valence-corrected chi connectivity index (χ1v) is 13.5. The number of hydrogen-bond acceptors (Lipinski definition) is 5. The lowest BCUT2D eigenvalue weighted by molar-refractivity contribution is -0.120. The maximum atomic E-state index is 13.4. The molecule has 0 bridgehead atoms. The summed E-state index contributed by atoms with van der Waals surface area (Å²) in [5.74, 6) is -0.625. The van der Waals surface area contributed by atoms with Crippen molar-refractivity contribution in [2.45, 2.75) is 31.7 Å². The summed E-state index contributed by atoms with van der Waals surface area (Å²) >= 11 is 0. The zero-order valence-electron chi connectivity index (χ0n) is 22.3. The quantitative estimate of drug-likeness (QED) is 0.248. The lowest BCUT2D eigenvalue weighted by Gasteiger charge is -2.20. The van der Waals surface area contributed by atoms with Gasteiger partial charge in [0.1, 0.15) is 6.61 Å². The van der Waals surface area contributed by atoms with E-state index in [9.17, 15) is 14.4 Å². The third-order valence-electron chi connectivity index (χ3n) is 7.15. The summed E-state index contributed by atoms with van der Waals surface area (Å²) in [6.45, 7) is 2.21. The molecule has 0 unspecified atom stereocenters. The Morgan fingerprint density at radius 1 is 0.725 bits per heavy atom.